The molecule has 7 N–H and O–H groups in total. The lowest BCUT2D eigenvalue weighted by atomic mass is 9.82. The third-order valence-corrected chi connectivity index (χ3v) is 20.3. The Kier molecular flexibility index (Phi) is 22.7. The minimum absolute atomic E-state index is 0.00777. The van der Waals surface area contributed by atoms with Gasteiger partial charge in [-0.15, -0.1) is 39.9 Å². The number of anilines is 2. The highest BCUT2D eigenvalue weighted by Gasteiger charge is 2.42. The molecule has 1 saturated carbocycles. The maximum atomic E-state index is 14.1. The van der Waals surface area contributed by atoms with Crippen molar-refractivity contribution in [2.75, 3.05) is 75.1 Å². The van der Waals surface area contributed by atoms with E-state index < -0.39 is 52.6 Å². The van der Waals surface area contributed by atoms with Crippen molar-refractivity contribution in [3.63, 3.8) is 0 Å². The standard InChI is InChI=1S/C64H78N16O13S3/c1-6-42-56(96-37(4)68-42)60(89)72-64-69-43-30-40(57(65)86)32-46(54(43)76(64)21-8-9-22-77-55-44(31-41(58(66)87)33-47(55)94-5)70-63(77)71-59(88)45-29-36(3)73-79(45)7-2)92-27-10-20-74-23-25-75(26-24-74)50(82)17-19-67-49(81)18-28-95-48-34-53(85)78(61(48)90)35-38-11-13-39(14-12-38)62(91)93-80-51(83)15-16-52(80)84/h8-9,29-33,38-39,48H,6-7,10-28,34-35H2,1-5H3,(H2,65,86)(H2,66,87)(H,67,81)(H,69,72,89)(H,70,71,88)/b9-8+. The van der Waals surface area contributed by atoms with Crippen LogP contribution in [0.25, 0.3) is 22.1 Å². The first-order valence-electron chi connectivity index (χ1n) is 32.0. The van der Waals surface area contributed by atoms with Crippen LogP contribution in [0.3, 0.4) is 0 Å². The molecular weight excluding hydrogens is 1300 g/mol. The van der Waals surface area contributed by atoms with E-state index in [0.717, 1.165) is 5.01 Å². The molecule has 3 aliphatic heterocycles. The second kappa shape index (κ2) is 31.2. The Bertz CT molecular complexity index is 4050. The van der Waals surface area contributed by atoms with E-state index in [1.807, 2.05) is 43.7 Å². The first-order chi connectivity index (χ1) is 46.1. The van der Waals surface area contributed by atoms with E-state index in [1.165, 1.54) is 39.8 Å². The smallest absolute Gasteiger partial charge is 0.336 e. The van der Waals surface area contributed by atoms with Gasteiger partial charge in [0.15, 0.2) is 0 Å². The third-order valence-electron chi connectivity index (χ3n) is 17.3. The molecule has 2 aromatic carbocycles. The van der Waals surface area contributed by atoms with Crippen molar-refractivity contribution in [1.82, 2.24) is 58.9 Å². The molecule has 0 spiro atoms. The summed E-state index contributed by atoms with van der Waals surface area (Å²) in [6.45, 7) is 11.6. The van der Waals surface area contributed by atoms with E-state index in [1.54, 1.807) is 51.4 Å². The van der Waals surface area contributed by atoms with Gasteiger partial charge in [0.1, 0.15) is 21.8 Å². The molecule has 4 fully saturated rings. The number of nitrogens with two attached hydrogens (primary N) is 2. The number of hydrogen-bond donors (Lipinski definition) is 5. The van der Waals surface area contributed by atoms with Crippen molar-refractivity contribution in [3.8, 4) is 5.75 Å². The third kappa shape index (κ3) is 16.3. The molecule has 6 aromatic rings. The predicted molar refractivity (Wildman–Crippen MR) is 358 cm³/mol. The Morgan fingerprint density at radius 1 is 0.771 bits per heavy atom. The fourth-order valence-electron chi connectivity index (χ4n) is 12.3. The zero-order valence-electron chi connectivity index (χ0n) is 54.1. The van der Waals surface area contributed by atoms with E-state index in [9.17, 15) is 52.7 Å². The highest BCUT2D eigenvalue weighted by atomic mass is 32.2. The van der Waals surface area contributed by atoms with Gasteiger partial charge in [-0.2, -0.15) is 5.10 Å². The molecule has 0 radical (unpaired) electrons. The summed E-state index contributed by atoms with van der Waals surface area (Å²) in [5, 5.41) is 13.9. The molecule has 510 valence electrons. The van der Waals surface area contributed by atoms with Crippen molar-refractivity contribution in [3.05, 3.63) is 80.6 Å². The zero-order chi connectivity index (χ0) is 68.5. The van der Waals surface area contributed by atoms with Crippen LogP contribution >= 0.6 is 34.9 Å². The van der Waals surface area contributed by atoms with E-state index in [2.05, 4.69) is 30.9 Å². The quantitative estimate of drug-likeness (QED) is 0.0178. The van der Waals surface area contributed by atoms with Crippen molar-refractivity contribution >= 4 is 134 Å². The van der Waals surface area contributed by atoms with Gasteiger partial charge in [0.05, 0.1) is 50.7 Å². The van der Waals surface area contributed by atoms with Crippen LogP contribution in [-0.2, 0) is 64.5 Å². The van der Waals surface area contributed by atoms with E-state index >= 15 is 0 Å². The van der Waals surface area contributed by atoms with Crippen molar-refractivity contribution < 1.29 is 62.3 Å². The molecule has 10 amide bonds. The molecule has 1 unspecified atom stereocenters. The molecule has 1 aliphatic carbocycles. The number of piperazine rings is 1. The number of rotatable bonds is 29. The molecule has 3 saturated heterocycles. The number of amides is 10. The second-order valence-corrected chi connectivity index (χ2v) is 27.2. The van der Waals surface area contributed by atoms with Crippen LogP contribution in [0.4, 0.5) is 11.9 Å². The normalized spacial score (nSPS) is 17.8. The molecule has 29 nitrogen and oxygen atoms in total. The van der Waals surface area contributed by atoms with Gasteiger partial charge in [-0.3, -0.25) is 73.1 Å². The molecule has 1 atom stereocenters. The summed E-state index contributed by atoms with van der Waals surface area (Å²) in [7, 11) is 0. The molecule has 4 aromatic heterocycles. The van der Waals surface area contributed by atoms with Crippen LogP contribution in [0.1, 0.15) is 135 Å². The highest BCUT2D eigenvalue weighted by Crippen LogP contribution is 2.36. The summed E-state index contributed by atoms with van der Waals surface area (Å²) >= 11 is 3.90. The molecular formula is C64H78N16O13S3. The largest absolute Gasteiger partial charge is 0.491 e. The second-order valence-electron chi connectivity index (χ2n) is 23.8. The fraction of sp³-hybridized carbons (Fsp3) is 0.484. The number of nitrogens with zero attached hydrogens (tertiary/aromatic N) is 11. The average molecular weight is 1380 g/mol. The van der Waals surface area contributed by atoms with Gasteiger partial charge in [-0.25, -0.2) is 19.7 Å². The summed E-state index contributed by atoms with van der Waals surface area (Å²) in [5.41, 5.74) is 15.5. The SMILES string of the molecule is CCc1nc(C)sc1C(=O)Nc1nc2cc(C(N)=O)cc(OCCCN3CCN(C(=O)CCNC(=O)CCSC4CC(=O)N(CC5CCC(C(=O)ON6C(=O)CCC6=O)CC5)C4=O)CC3)c2n1C/C=C/Cn1c(NC(=O)c2cc(C)nn2CC)nc2cc(C(N)=O)cc(SC)c21. The van der Waals surface area contributed by atoms with Crippen molar-refractivity contribution in [2.45, 2.75) is 128 Å². The lowest BCUT2D eigenvalue weighted by Crippen LogP contribution is -2.49. The number of primary amides is 2. The number of thioether (sulfide) groups is 2. The number of hydroxylamine groups is 2. The predicted octanol–water partition coefficient (Wildman–Crippen LogP) is 5.00. The molecule has 96 heavy (non-hydrogen) atoms. The van der Waals surface area contributed by atoms with Crippen LogP contribution < -0.4 is 32.2 Å². The molecule has 4 aliphatic rings. The molecule has 7 heterocycles. The maximum absolute atomic E-state index is 14.1. The molecule has 0 bridgehead atoms. The number of thiazole rings is 1. The Morgan fingerprint density at radius 2 is 1.42 bits per heavy atom. The molecule has 32 heteroatoms. The summed E-state index contributed by atoms with van der Waals surface area (Å²) in [6, 6.07) is 8.06. The summed E-state index contributed by atoms with van der Waals surface area (Å²) in [6.07, 6.45) is 8.94. The zero-order valence-corrected chi connectivity index (χ0v) is 56.6. The van der Waals surface area contributed by atoms with Crippen LogP contribution in [0.5, 0.6) is 5.75 Å². The van der Waals surface area contributed by atoms with Gasteiger partial charge in [0.2, 0.25) is 47.3 Å². The van der Waals surface area contributed by atoms with Crippen LogP contribution in [0.15, 0.2) is 47.4 Å². The van der Waals surface area contributed by atoms with Gasteiger partial charge in [0, 0.05) is 119 Å². The van der Waals surface area contributed by atoms with Crippen LogP contribution in [0, 0.1) is 25.7 Å². The summed E-state index contributed by atoms with van der Waals surface area (Å²) < 4.78 is 11.7. The summed E-state index contributed by atoms with van der Waals surface area (Å²) in [5.74, 6) is -4.37. The fourth-order valence-corrected chi connectivity index (χ4v) is 14.9. The van der Waals surface area contributed by atoms with Crippen LogP contribution in [0.2, 0.25) is 0 Å². The number of carbonyl (C=O) groups excluding carboxylic acids is 11. The van der Waals surface area contributed by atoms with Crippen molar-refractivity contribution in [1.29, 1.82) is 0 Å². The Balaban J connectivity index is 0.717. The minimum atomic E-state index is -0.712. The minimum Gasteiger partial charge on any atom is -0.491 e. The first kappa shape index (κ1) is 69.8. The van der Waals surface area contributed by atoms with Gasteiger partial charge < -0.3 is 40.4 Å². The Hall–Kier alpha value is -9.01. The number of aryl methyl sites for hydroxylation is 4. The first-order valence-corrected chi connectivity index (χ1v) is 35.1. The van der Waals surface area contributed by atoms with Crippen molar-refractivity contribution in [2.24, 2.45) is 23.3 Å². The van der Waals surface area contributed by atoms with Gasteiger partial charge >= 0.3 is 5.97 Å². The van der Waals surface area contributed by atoms with E-state index in [4.69, 9.17) is 31.0 Å². The lowest BCUT2D eigenvalue weighted by Gasteiger charge is -2.34. The summed E-state index contributed by atoms with van der Waals surface area (Å²) in [4.78, 5) is 168. The highest BCUT2D eigenvalue weighted by molar-refractivity contribution is 8.00. The van der Waals surface area contributed by atoms with E-state index in [0.29, 0.717) is 143 Å². The van der Waals surface area contributed by atoms with Gasteiger partial charge in [0.25, 0.3) is 23.6 Å². The number of allylic oxidation sites excluding steroid dienone is 2. The number of imide groups is 2. The Labute approximate surface area is 565 Å². The lowest BCUT2D eigenvalue weighted by molar-refractivity contribution is -0.201. The number of imidazole rings is 2. The molecule has 10 rings (SSSR count). The average Bonchev–Trinajstić information content (AvgIpc) is 1.60. The maximum Gasteiger partial charge on any atom is 0.336 e. The van der Waals surface area contributed by atoms with Gasteiger partial charge in [-0.1, -0.05) is 19.1 Å². The monoisotopic (exact) mass is 1370 g/mol. The number of likely N-dealkylation sites (tertiary alicyclic amines) is 1. The number of hydrogen-bond acceptors (Lipinski definition) is 21. The number of ether oxygens (including phenoxy) is 1. The topological polar surface area (TPSA) is 374 Å². The van der Waals surface area contributed by atoms with Gasteiger partial charge in [-0.05, 0) is 102 Å². The number of fused-ring (bicyclic) bond motifs is 2. The Morgan fingerprint density at radius 3 is 2.06 bits per heavy atom. The number of benzene rings is 2. The number of nitrogens with one attached hydrogen (secondary N) is 3. The van der Waals surface area contributed by atoms with Crippen LogP contribution in [-0.4, -0.2) is 188 Å². The number of aromatic nitrogens is 7. The van der Waals surface area contributed by atoms with E-state index in [-0.39, 0.29) is 117 Å². The number of carbonyl (C=O) groups is 11.